The topological polar surface area (TPSA) is 90.4 Å². The van der Waals surface area contributed by atoms with E-state index in [4.69, 9.17) is 21.1 Å². The summed E-state index contributed by atoms with van der Waals surface area (Å²) in [5.74, 6) is -0.434. The zero-order chi connectivity index (χ0) is 20.1. The molecule has 1 unspecified atom stereocenters. The van der Waals surface area contributed by atoms with E-state index in [1.165, 1.54) is 36.6 Å². The van der Waals surface area contributed by atoms with E-state index in [-0.39, 0.29) is 10.7 Å². The van der Waals surface area contributed by atoms with Crippen LogP contribution in [0.4, 0.5) is 5.13 Å². The van der Waals surface area contributed by atoms with E-state index in [0.717, 1.165) is 5.56 Å². The number of aromatic nitrogens is 2. The molecule has 3 rings (SSSR count). The van der Waals surface area contributed by atoms with Crippen molar-refractivity contribution in [1.82, 2.24) is 9.97 Å². The number of carbonyl (C=O) groups excluding carboxylic acids is 2. The third-order valence-corrected chi connectivity index (χ3v) is 4.68. The molecule has 2 heterocycles. The first kappa shape index (κ1) is 19.8. The number of methoxy groups -OCH3 is 1. The maximum absolute atomic E-state index is 12.3. The van der Waals surface area contributed by atoms with Gasteiger partial charge in [-0.25, -0.2) is 14.8 Å². The number of esters is 1. The van der Waals surface area contributed by atoms with Gasteiger partial charge in [0.15, 0.2) is 11.2 Å². The Kier molecular flexibility index (Phi) is 6.23. The minimum Gasteiger partial charge on any atom is -0.497 e. The zero-order valence-electron chi connectivity index (χ0n) is 15.0. The van der Waals surface area contributed by atoms with Gasteiger partial charge in [0.2, 0.25) is 0 Å². The number of anilines is 1. The van der Waals surface area contributed by atoms with Crippen molar-refractivity contribution in [2.45, 2.75) is 13.0 Å². The Balaban J connectivity index is 1.63. The van der Waals surface area contributed by atoms with Crippen LogP contribution in [0, 0.1) is 0 Å². The van der Waals surface area contributed by atoms with E-state index in [1.807, 2.05) is 29.6 Å². The summed E-state index contributed by atoms with van der Waals surface area (Å²) < 4.78 is 10.4. The van der Waals surface area contributed by atoms with Gasteiger partial charge in [-0.05, 0) is 31.2 Å². The molecule has 9 heteroatoms. The number of hydrogen-bond donors (Lipinski definition) is 1. The van der Waals surface area contributed by atoms with E-state index in [0.29, 0.717) is 16.6 Å². The van der Waals surface area contributed by atoms with Crippen molar-refractivity contribution >= 4 is 39.9 Å². The largest absolute Gasteiger partial charge is 0.497 e. The quantitative estimate of drug-likeness (QED) is 0.480. The lowest BCUT2D eigenvalue weighted by molar-refractivity contribution is -0.123. The van der Waals surface area contributed by atoms with Crippen LogP contribution >= 0.6 is 22.9 Å². The average Bonchev–Trinajstić information content (AvgIpc) is 3.16. The number of ether oxygens (including phenoxy) is 2. The summed E-state index contributed by atoms with van der Waals surface area (Å²) in [7, 11) is 1.59. The number of pyridine rings is 1. The first-order valence-corrected chi connectivity index (χ1v) is 9.45. The number of nitrogens with one attached hydrogen (secondary N) is 1. The number of thiazole rings is 1. The van der Waals surface area contributed by atoms with Crippen LogP contribution in [0.2, 0.25) is 5.15 Å². The second-order valence-electron chi connectivity index (χ2n) is 5.67. The van der Waals surface area contributed by atoms with Gasteiger partial charge in [-0.15, -0.1) is 11.3 Å². The van der Waals surface area contributed by atoms with Crippen molar-refractivity contribution in [3.05, 3.63) is 58.7 Å². The molecule has 0 aliphatic heterocycles. The highest BCUT2D eigenvalue weighted by Crippen LogP contribution is 2.27. The Morgan fingerprint density at radius 1 is 1.25 bits per heavy atom. The van der Waals surface area contributed by atoms with Gasteiger partial charge in [0.05, 0.1) is 18.4 Å². The Morgan fingerprint density at radius 3 is 2.82 bits per heavy atom. The third kappa shape index (κ3) is 4.85. The minimum absolute atomic E-state index is 0.166. The van der Waals surface area contributed by atoms with Crippen LogP contribution in [-0.2, 0) is 9.53 Å². The minimum atomic E-state index is -1.01. The van der Waals surface area contributed by atoms with Crippen LogP contribution in [0.3, 0.4) is 0 Å². The van der Waals surface area contributed by atoms with Gasteiger partial charge in [0.25, 0.3) is 5.91 Å². The third-order valence-electron chi connectivity index (χ3n) is 3.72. The van der Waals surface area contributed by atoms with Crippen molar-refractivity contribution in [3.63, 3.8) is 0 Å². The Hall–Kier alpha value is -2.97. The lowest BCUT2D eigenvalue weighted by Gasteiger charge is -2.12. The first-order valence-electron chi connectivity index (χ1n) is 8.19. The molecule has 144 valence electrons. The SMILES string of the molecule is COc1cccc(-c2csc(NC(=O)C(C)OC(=O)c3ccnc(Cl)c3)n2)c1. The standard InChI is InChI=1S/C19H16ClN3O4S/c1-11(27-18(25)13-6-7-21-16(20)9-13)17(24)23-19-22-15(10-28-19)12-4-3-5-14(8-12)26-2/h3-11H,1-2H3,(H,22,23,24). The van der Waals surface area contributed by atoms with Crippen LogP contribution in [0.1, 0.15) is 17.3 Å². The molecule has 0 radical (unpaired) electrons. The molecule has 0 aliphatic rings. The normalized spacial score (nSPS) is 11.5. The van der Waals surface area contributed by atoms with Crippen molar-refractivity contribution in [3.8, 4) is 17.0 Å². The summed E-state index contributed by atoms with van der Waals surface area (Å²) in [5, 5.41) is 5.04. The van der Waals surface area contributed by atoms with E-state index in [9.17, 15) is 9.59 Å². The number of benzene rings is 1. The molecule has 28 heavy (non-hydrogen) atoms. The van der Waals surface area contributed by atoms with Crippen LogP contribution < -0.4 is 10.1 Å². The molecule has 0 spiro atoms. The predicted molar refractivity (Wildman–Crippen MR) is 107 cm³/mol. The number of nitrogens with zero attached hydrogens (tertiary/aromatic N) is 2. The summed E-state index contributed by atoms with van der Waals surface area (Å²) in [6, 6.07) is 10.3. The summed E-state index contributed by atoms with van der Waals surface area (Å²) >= 11 is 7.03. The van der Waals surface area contributed by atoms with E-state index < -0.39 is 18.0 Å². The molecule has 0 fully saturated rings. The summed E-state index contributed by atoms with van der Waals surface area (Å²) in [6.07, 6.45) is 0.378. The molecule has 0 bridgehead atoms. The smallest absolute Gasteiger partial charge is 0.339 e. The molecule has 7 nitrogen and oxygen atoms in total. The lowest BCUT2D eigenvalue weighted by atomic mass is 10.2. The van der Waals surface area contributed by atoms with Crippen LogP contribution in [0.15, 0.2) is 48.0 Å². The second-order valence-corrected chi connectivity index (χ2v) is 6.92. The average molecular weight is 418 g/mol. The van der Waals surface area contributed by atoms with Gasteiger partial charge in [-0.2, -0.15) is 0 Å². The molecular weight excluding hydrogens is 402 g/mol. The van der Waals surface area contributed by atoms with Gasteiger partial charge in [-0.3, -0.25) is 10.1 Å². The summed E-state index contributed by atoms with van der Waals surface area (Å²) in [4.78, 5) is 32.6. The molecule has 0 saturated carbocycles. The Labute approximate surface area is 170 Å². The van der Waals surface area contributed by atoms with Crippen molar-refractivity contribution in [2.24, 2.45) is 0 Å². The maximum atomic E-state index is 12.3. The maximum Gasteiger partial charge on any atom is 0.339 e. The van der Waals surface area contributed by atoms with Gasteiger partial charge in [0, 0.05) is 17.1 Å². The lowest BCUT2D eigenvalue weighted by Crippen LogP contribution is -2.30. The van der Waals surface area contributed by atoms with Crippen molar-refractivity contribution in [2.75, 3.05) is 12.4 Å². The number of carbonyl (C=O) groups is 2. The van der Waals surface area contributed by atoms with Gasteiger partial charge in [0.1, 0.15) is 10.9 Å². The summed E-state index contributed by atoms with van der Waals surface area (Å²) in [5.41, 5.74) is 1.79. The highest BCUT2D eigenvalue weighted by atomic mass is 35.5. The Bertz CT molecular complexity index is 1010. The fourth-order valence-electron chi connectivity index (χ4n) is 2.26. The second kappa shape index (κ2) is 8.81. The number of rotatable bonds is 6. The molecule has 1 N–H and O–H groups in total. The molecular formula is C19H16ClN3O4S. The first-order chi connectivity index (χ1) is 13.5. The van der Waals surface area contributed by atoms with Crippen LogP contribution in [-0.4, -0.2) is 35.1 Å². The summed E-state index contributed by atoms with van der Waals surface area (Å²) in [6.45, 7) is 1.48. The molecule has 0 saturated heterocycles. The number of amides is 1. The van der Waals surface area contributed by atoms with Gasteiger partial charge < -0.3 is 9.47 Å². The molecule has 1 atom stereocenters. The van der Waals surface area contributed by atoms with Gasteiger partial charge in [-0.1, -0.05) is 23.7 Å². The highest BCUT2D eigenvalue weighted by molar-refractivity contribution is 7.14. The molecule has 1 aromatic carbocycles. The monoisotopic (exact) mass is 417 g/mol. The molecule has 3 aromatic rings. The van der Waals surface area contributed by atoms with Crippen LogP contribution in [0.5, 0.6) is 5.75 Å². The van der Waals surface area contributed by atoms with E-state index in [1.54, 1.807) is 7.11 Å². The predicted octanol–water partition coefficient (Wildman–Crippen LogP) is 4.05. The fourth-order valence-corrected chi connectivity index (χ4v) is 3.16. The molecule has 2 aromatic heterocycles. The fraction of sp³-hybridized carbons (Fsp3) is 0.158. The Morgan fingerprint density at radius 2 is 2.07 bits per heavy atom. The zero-order valence-corrected chi connectivity index (χ0v) is 16.6. The van der Waals surface area contributed by atoms with Gasteiger partial charge >= 0.3 is 5.97 Å². The molecule has 1 amide bonds. The van der Waals surface area contributed by atoms with Crippen LogP contribution in [0.25, 0.3) is 11.3 Å². The number of halogens is 1. The highest BCUT2D eigenvalue weighted by Gasteiger charge is 2.20. The van der Waals surface area contributed by atoms with Crippen molar-refractivity contribution in [1.29, 1.82) is 0 Å². The van der Waals surface area contributed by atoms with Crippen molar-refractivity contribution < 1.29 is 19.1 Å². The van der Waals surface area contributed by atoms with E-state index >= 15 is 0 Å². The number of hydrogen-bond acceptors (Lipinski definition) is 7. The molecule has 0 aliphatic carbocycles. The van der Waals surface area contributed by atoms with E-state index in [2.05, 4.69) is 15.3 Å².